The van der Waals surface area contributed by atoms with Gasteiger partial charge in [0.05, 0.1) is 22.6 Å². The molecule has 0 fully saturated rings. The molecule has 0 saturated heterocycles. The molecule has 0 aliphatic rings. The van der Waals surface area contributed by atoms with Gasteiger partial charge in [0.1, 0.15) is 18.1 Å². The number of hydrogen-bond acceptors (Lipinski definition) is 5. The van der Waals surface area contributed by atoms with Gasteiger partial charge in [-0.25, -0.2) is 0 Å². The molecular weight excluding hydrogens is 418 g/mol. The topological polar surface area (TPSA) is 78.7 Å². The van der Waals surface area contributed by atoms with Crippen LogP contribution in [0.4, 0.5) is 5.69 Å². The average Bonchev–Trinajstić information content (AvgIpc) is 2.76. The van der Waals surface area contributed by atoms with E-state index < -0.39 is 10.7 Å². The van der Waals surface area contributed by atoms with Gasteiger partial charge in [-0.05, 0) is 54.5 Å². The van der Waals surface area contributed by atoms with Crippen LogP contribution in [0, 0.1) is 17.0 Å². The number of aryl methyl sites for hydroxylation is 1. The number of nitrogens with zero attached hydrogens (tertiary/aromatic N) is 1. The van der Waals surface area contributed by atoms with Crippen molar-refractivity contribution in [3.8, 4) is 11.5 Å². The van der Waals surface area contributed by atoms with E-state index in [2.05, 4.69) is 0 Å². The van der Waals surface area contributed by atoms with Crippen molar-refractivity contribution in [3.63, 3.8) is 0 Å². The van der Waals surface area contributed by atoms with Crippen molar-refractivity contribution in [3.05, 3.63) is 104 Å². The maximum absolute atomic E-state index is 12.5. The molecule has 0 saturated carbocycles. The molecule has 0 heterocycles. The van der Waals surface area contributed by atoms with Crippen molar-refractivity contribution in [1.82, 2.24) is 0 Å². The summed E-state index contributed by atoms with van der Waals surface area (Å²) in [6.07, 6.45) is 2.91. The van der Waals surface area contributed by atoms with Gasteiger partial charge in [-0.15, -0.1) is 0 Å². The summed E-state index contributed by atoms with van der Waals surface area (Å²) >= 11 is 6.23. The fourth-order valence-electron chi connectivity index (χ4n) is 3.00. The second kappa shape index (κ2) is 9.91. The molecule has 0 aromatic heterocycles. The Balaban J connectivity index is 1.80. The second-order valence-corrected chi connectivity index (χ2v) is 7.17. The summed E-state index contributed by atoms with van der Waals surface area (Å²) in [7, 11) is 1.56. The molecule has 3 rings (SSSR count). The lowest BCUT2D eigenvalue weighted by atomic mass is 10.1. The summed E-state index contributed by atoms with van der Waals surface area (Å²) in [6, 6.07) is 16.8. The van der Waals surface area contributed by atoms with Crippen molar-refractivity contribution in [2.24, 2.45) is 0 Å². The first-order valence-corrected chi connectivity index (χ1v) is 9.78. The molecule has 0 atom stereocenters. The summed E-state index contributed by atoms with van der Waals surface area (Å²) in [5, 5.41) is 11.7. The van der Waals surface area contributed by atoms with E-state index in [4.69, 9.17) is 21.1 Å². The van der Waals surface area contributed by atoms with Crippen LogP contribution in [0.25, 0.3) is 6.08 Å². The van der Waals surface area contributed by atoms with Crippen molar-refractivity contribution < 1.29 is 19.2 Å². The highest BCUT2D eigenvalue weighted by Gasteiger charge is 2.17. The number of carbonyl (C=O) groups is 1. The molecule has 0 bridgehead atoms. The van der Waals surface area contributed by atoms with Crippen LogP contribution in [-0.4, -0.2) is 17.8 Å². The van der Waals surface area contributed by atoms with Gasteiger partial charge in [0.15, 0.2) is 5.78 Å². The van der Waals surface area contributed by atoms with Crippen molar-refractivity contribution >= 4 is 29.1 Å². The lowest BCUT2D eigenvalue weighted by Crippen LogP contribution is -2.01. The highest BCUT2D eigenvalue weighted by Crippen LogP contribution is 2.28. The van der Waals surface area contributed by atoms with Crippen LogP contribution < -0.4 is 9.47 Å². The highest BCUT2D eigenvalue weighted by atomic mass is 35.5. The highest BCUT2D eigenvalue weighted by molar-refractivity contribution is 6.32. The van der Waals surface area contributed by atoms with E-state index in [1.54, 1.807) is 37.5 Å². The van der Waals surface area contributed by atoms with Gasteiger partial charge in [-0.1, -0.05) is 41.9 Å². The summed E-state index contributed by atoms with van der Waals surface area (Å²) in [5.74, 6) is 0.736. The van der Waals surface area contributed by atoms with Gasteiger partial charge in [-0.3, -0.25) is 14.9 Å². The number of rotatable bonds is 8. The zero-order chi connectivity index (χ0) is 22.4. The molecule has 158 valence electrons. The van der Waals surface area contributed by atoms with Crippen LogP contribution in [0.1, 0.15) is 27.0 Å². The fourth-order valence-corrected chi connectivity index (χ4v) is 3.29. The molecule has 3 aromatic carbocycles. The molecular formula is C24H20ClNO5. The average molecular weight is 438 g/mol. The van der Waals surface area contributed by atoms with E-state index >= 15 is 0 Å². The van der Waals surface area contributed by atoms with Crippen LogP contribution in [-0.2, 0) is 6.61 Å². The zero-order valence-electron chi connectivity index (χ0n) is 17.0. The van der Waals surface area contributed by atoms with Gasteiger partial charge < -0.3 is 9.47 Å². The summed E-state index contributed by atoms with van der Waals surface area (Å²) in [4.78, 5) is 23.0. The normalized spacial score (nSPS) is 10.8. The van der Waals surface area contributed by atoms with Gasteiger partial charge >= 0.3 is 0 Å². The maximum Gasteiger partial charge on any atom is 0.280 e. The van der Waals surface area contributed by atoms with Crippen LogP contribution in [0.2, 0.25) is 5.02 Å². The Bertz CT molecular complexity index is 1160. The maximum atomic E-state index is 12.5. The number of ether oxygens (including phenoxy) is 2. The number of halogens is 1. The minimum atomic E-state index is -0.569. The summed E-state index contributed by atoms with van der Waals surface area (Å²) in [6.45, 7) is 2.16. The first kappa shape index (κ1) is 22.1. The number of para-hydroxylation sites is 1. The third-order valence-corrected chi connectivity index (χ3v) is 4.86. The lowest BCUT2D eigenvalue weighted by molar-refractivity contribution is -0.385. The number of ketones is 1. The molecule has 3 aromatic rings. The Morgan fingerprint density at radius 2 is 1.84 bits per heavy atom. The van der Waals surface area contributed by atoms with E-state index in [0.29, 0.717) is 16.5 Å². The predicted molar refractivity (Wildman–Crippen MR) is 120 cm³/mol. The minimum Gasteiger partial charge on any atom is -0.496 e. The number of carbonyl (C=O) groups excluding carboxylic acids is 1. The molecule has 0 unspecified atom stereocenters. The molecule has 7 heteroatoms. The molecule has 0 amide bonds. The summed E-state index contributed by atoms with van der Waals surface area (Å²) < 4.78 is 11.2. The Labute approximate surface area is 184 Å². The van der Waals surface area contributed by atoms with E-state index in [1.165, 1.54) is 24.3 Å². The third-order valence-electron chi connectivity index (χ3n) is 4.57. The lowest BCUT2D eigenvalue weighted by Gasteiger charge is -2.12. The predicted octanol–water partition coefficient (Wildman–Crippen LogP) is 6.04. The Morgan fingerprint density at radius 1 is 1.10 bits per heavy atom. The van der Waals surface area contributed by atoms with E-state index in [-0.39, 0.29) is 17.9 Å². The number of benzene rings is 3. The van der Waals surface area contributed by atoms with E-state index in [0.717, 1.165) is 16.7 Å². The molecule has 0 N–H and O–H groups in total. The number of nitro groups is 1. The molecule has 31 heavy (non-hydrogen) atoms. The first-order chi connectivity index (χ1) is 14.9. The van der Waals surface area contributed by atoms with Crippen LogP contribution in [0.3, 0.4) is 0 Å². The number of nitro benzene ring substituents is 1. The third kappa shape index (κ3) is 5.49. The minimum absolute atomic E-state index is 0.0369. The molecule has 0 radical (unpaired) electrons. The number of methoxy groups -OCH3 is 1. The Kier molecular flexibility index (Phi) is 7.05. The SMILES string of the molecule is COc1ccc(/C=C/C(=O)c2ccccc2[N+](=O)[O-])cc1COc1ccc(C)cc1Cl. The van der Waals surface area contributed by atoms with Gasteiger partial charge in [0.2, 0.25) is 0 Å². The smallest absolute Gasteiger partial charge is 0.280 e. The van der Waals surface area contributed by atoms with E-state index in [9.17, 15) is 14.9 Å². The van der Waals surface area contributed by atoms with Crippen LogP contribution in [0.15, 0.2) is 66.7 Å². The zero-order valence-corrected chi connectivity index (χ0v) is 17.8. The second-order valence-electron chi connectivity index (χ2n) is 6.77. The fraction of sp³-hybridized carbons (Fsp3) is 0.125. The standard InChI is InChI=1S/C24H20ClNO5/c1-16-7-11-24(20(25)13-16)31-15-18-14-17(9-12-23(18)30-2)8-10-22(27)19-5-3-4-6-21(19)26(28)29/h3-14H,15H2,1-2H3/b10-8+. The largest absolute Gasteiger partial charge is 0.496 e. The van der Waals surface area contributed by atoms with Gasteiger partial charge in [0, 0.05) is 11.6 Å². The molecule has 0 spiro atoms. The van der Waals surface area contributed by atoms with Crippen LogP contribution >= 0.6 is 11.6 Å². The molecule has 0 aliphatic heterocycles. The molecule has 6 nitrogen and oxygen atoms in total. The first-order valence-electron chi connectivity index (χ1n) is 9.40. The quantitative estimate of drug-likeness (QED) is 0.186. The van der Waals surface area contributed by atoms with E-state index in [1.807, 2.05) is 25.1 Å². The van der Waals surface area contributed by atoms with Gasteiger partial charge in [0.25, 0.3) is 5.69 Å². The van der Waals surface area contributed by atoms with Gasteiger partial charge in [-0.2, -0.15) is 0 Å². The Morgan fingerprint density at radius 3 is 2.55 bits per heavy atom. The molecule has 0 aliphatic carbocycles. The number of allylic oxidation sites excluding steroid dienone is 1. The van der Waals surface area contributed by atoms with Crippen LogP contribution in [0.5, 0.6) is 11.5 Å². The summed E-state index contributed by atoms with van der Waals surface area (Å²) in [5.41, 5.74) is 2.33. The monoisotopic (exact) mass is 437 g/mol. The van der Waals surface area contributed by atoms with Crippen molar-refractivity contribution in [2.75, 3.05) is 7.11 Å². The number of hydrogen-bond donors (Lipinski definition) is 0. The van der Waals surface area contributed by atoms with Crippen molar-refractivity contribution in [1.29, 1.82) is 0 Å². The Hall–Kier alpha value is -3.64. The van der Waals surface area contributed by atoms with Crippen molar-refractivity contribution in [2.45, 2.75) is 13.5 Å².